The first-order valence-electron chi connectivity index (χ1n) is 27.1. The molecule has 4 aliphatic carbocycles. The minimum Gasteiger partial charge on any atom is -0.461 e. The Morgan fingerprint density at radius 1 is 0.935 bits per heavy atom. The summed E-state index contributed by atoms with van der Waals surface area (Å²) in [5, 5.41) is 22.9. The average Bonchev–Trinajstić information content (AvgIpc) is 4.02. The number of primary amides is 1. The maximum atomic E-state index is 14.4. The fraction of sp³-hybridized carbons (Fsp3) is 0.596. The Morgan fingerprint density at radius 3 is 2.39 bits per heavy atom. The van der Waals surface area contributed by atoms with Crippen molar-refractivity contribution in [2.24, 2.45) is 40.2 Å². The van der Waals surface area contributed by atoms with Crippen molar-refractivity contribution in [3.8, 4) is 0 Å². The van der Waals surface area contributed by atoms with Crippen LogP contribution < -0.4 is 27.0 Å². The van der Waals surface area contributed by atoms with E-state index in [1.165, 1.54) is 12.2 Å². The molecule has 20 heteroatoms. The molecule has 7 aliphatic rings. The molecular weight excluding hydrogens is 993 g/mol. The zero-order valence-electron chi connectivity index (χ0n) is 44.7. The van der Waals surface area contributed by atoms with Gasteiger partial charge in [-0.1, -0.05) is 63.5 Å². The van der Waals surface area contributed by atoms with Gasteiger partial charge >= 0.3 is 12.0 Å². The van der Waals surface area contributed by atoms with Crippen LogP contribution in [0.5, 0.6) is 0 Å². The van der Waals surface area contributed by atoms with E-state index in [-0.39, 0.29) is 112 Å². The van der Waals surface area contributed by atoms with Crippen LogP contribution in [0.15, 0.2) is 71.4 Å². The van der Waals surface area contributed by atoms with Crippen LogP contribution in [-0.2, 0) is 63.9 Å². The van der Waals surface area contributed by atoms with E-state index in [9.17, 15) is 48.3 Å². The number of nitrogens with zero attached hydrogens (tertiary/aromatic N) is 1. The number of ketones is 2. The van der Waals surface area contributed by atoms with Crippen LogP contribution in [0.2, 0.25) is 0 Å². The van der Waals surface area contributed by atoms with Crippen molar-refractivity contribution >= 4 is 58.8 Å². The maximum Gasteiger partial charge on any atom is 0.312 e. The number of fused-ring (bicyclic) bond motifs is 6. The van der Waals surface area contributed by atoms with Gasteiger partial charge < -0.3 is 51.1 Å². The molecule has 2 bridgehead atoms. The first-order chi connectivity index (χ1) is 36.6. The summed E-state index contributed by atoms with van der Waals surface area (Å²) < 4.78 is 25.4. The fourth-order valence-corrected chi connectivity index (χ4v) is 13.4. The predicted molar refractivity (Wildman–Crippen MR) is 278 cm³/mol. The third-order valence-electron chi connectivity index (χ3n) is 17.3. The zero-order chi connectivity index (χ0) is 55.4. The molecule has 7 amide bonds. The van der Waals surface area contributed by atoms with E-state index >= 15 is 0 Å². The van der Waals surface area contributed by atoms with Crippen molar-refractivity contribution in [1.29, 1.82) is 0 Å². The summed E-state index contributed by atoms with van der Waals surface area (Å²) in [6.07, 6.45) is 10.2. The number of urea groups is 1. The van der Waals surface area contributed by atoms with Gasteiger partial charge in [-0.05, 0) is 118 Å². The second-order valence-corrected chi connectivity index (χ2v) is 22.6. The van der Waals surface area contributed by atoms with E-state index in [0.717, 1.165) is 23.3 Å². The second-order valence-electron chi connectivity index (χ2n) is 22.6. The number of rotatable bonds is 20. The van der Waals surface area contributed by atoms with Crippen molar-refractivity contribution in [3.05, 3.63) is 76.9 Å². The Labute approximate surface area is 448 Å². The molecular formula is C57H74N6O14. The number of esters is 1. The van der Waals surface area contributed by atoms with Gasteiger partial charge in [0.25, 0.3) is 11.8 Å². The van der Waals surface area contributed by atoms with Crippen molar-refractivity contribution in [2.45, 2.75) is 154 Å². The lowest BCUT2D eigenvalue weighted by molar-refractivity contribution is -0.194. The quantitative estimate of drug-likeness (QED) is 0.0460. The minimum absolute atomic E-state index is 0.00610. The molecule has 11 atom stereocenters. The van der Waals surface area contributed by atoms with Crippen LogP contribution in [0.25, 0.3) is 0 Å². The van der Waals surface area contributed by atoms with E-state index in [0.29, 0.717) is 60.9 Å². The minimum atomic E-state index is -1.37. The second kappa shape index (κ2) is 23.7. The van der Waals surface area contributed by atoms with Crippen LogP contribution in [0.4, 0.5) is 10.5 Å². The zero-order valence-corrected chi connectivity index (χ0v) is 44.7. The van der Waals surface area contributed by atoms with E-state index in [4.69, 9.17) is 24.7 Å². The molecule has 1 aromatic rings. The highest BCUT2D eigenvalue weighted by molar-refractivity contribution is 6.12. The summed E-state index contributed by atoms with van der Waals surface area (Å²) in [6.45, 7) is 9.87. The number of allylic oxidation sites excluding steroid dienone is 4. The van der Waals surface area contributed by atoms with Crippen LogP contribution in [0.3, 0.4) is 0 Å². The molecule has 0 aromatic heterocycles. The van der Waals surface area contributed by atoms with Gasteiger partial charge in [0.1, 0.15) is 25.3 Å². The van der Waals surface area contributed by atoms with Gasteiger partial charge in [-0.15, -0.1) is 0 Å². The number of nitrogens with two attached hydrogens (primary N) is 1. The summed E-state index contributed by atoms with van der Waals surface area (Å²) in [4.78, 5) is 117. The third kappa shape index (κ3) is 11.9. The van der Waals surface area contributed by atoms with Gasteiger partial charge in [0.2, 0.25) is 17.7 Å². The molecule has 3 heterocycles. The molecule has 5 fully saturated rings. The van der Waals surface area contributed by atoms with Crippen LogP contribution in [0, 0.1) is 34.5 Å². The molecule has 8 rings (SSSR count). The van der Waals surface area contributed by atoms with Crippen LogP contribution in [-0.4, -0.2) is 126 Å². The highest BCUT2D eigenvalue weighted by atomic mass is 16.7. The topological polar surface area (TPSA) is 288 Å². The first kappa shape index (κ1) is 56.8. The number of aliphatic hydroxyl groups is 1. The number of imide groups is 1. The van der Waals surface area contributed by atoms with Crippen molar-refractivity contribution in [1.82, 2.24) is 20.9 Å². The predicted octanol–water partition coefficient (Wildman–Crippen LogP) is 4.29. The monoisotopic (exact) mass is 1070 g/mol. The number of Topliss-reactive ketones (excluding diaryl/α,β-unsaturated/α-hetero) is 1. The molecule has 416 valence electrons. The molecule has 3 saturated carbocycles. The largest absolute Gasteiger partial charge is 0.461 e. The van der Waals surface area contributed by atoms with Gasteiger partial charge in [0.15, 0.2) is 23.5 Å². The van der Waals surface area contributed by atoms with E-state index in [1.807, 2.05) is 13.0 Å². The normalized spacial score (nSPS) is 30.6. The van der Waals surface area contributed by atoms with Gasteiger partial charge in [0.05, 0.1) is 25.2 Å². The molecule has 3 aliphatic heterocycles. The van der Waals surface area contributed by atoms with Crippen LogP contribution in [0.1, 0.15) is 117 Å². The number of unbranched alkanes of at least 4 members (excludes halogenated alkanes) is 2. The van der Waals surface area contributed by atoms with Gasteiger partial charge in [-0.2, -0.15) is 0 Å². The molecule has 1 aromatic carbocycles. The Kier molecular flexibility index (Phi) is 17.5. The SMILES string of the molecule is C/C(CC(=O)OCc1ccc(NC(=O)[C@H](CCCNC(N)=O)NC(=O)C(NC(=O)CCCCCN2C(=O)C=CC2=O)C(C)C)cc1)=C1\CCOCC(=O)[C@@]23OC1O[C@@H]2CC1[C@@H]2CCC4=CC(=O)C=C[C@]4(C)C2[C@@H](O)C[C@@]13C. The molecule has 1 spiro atoms. The van der Waals surface area contributed by atoms with Crippen molar-refractivity contribution in [2.75, 3.05) is 31.6 Å². The lowest BCUT2D eigenvalue weighted by Gasteiger charge is -2.59. The Morgan fingerprint density at radius 2 is 1.68 bits per heavy atom. The summed E-state index contributed by atoms with van der Waals surface area (Å²) in [5.41, 5.74) is 6.06. The van der Waals surface area contributed by atoms with E-state index < -0.39 is 70.8 Å². The number of amides is 7. The molecule has 2 saturated heterocycles. The molecule has 20 nitrogen and oxygen atoms in total. The number of nitrogens with one attached hydrogen (secondary N) is 4. The number of hydrogen-bond acceptors (Lipinski definition) is 14. The fourth-order valence-electron chi connectivity index (χ4n) is 13.4. The smallest absolute Gasteiger partial charge is 0.312 e. The molecule has 4 unspecified atom stereocenters. The summed E-state index contributed by atoms with van der Waals surface area (Å²) in [5.74, 6) is -3.36. The number of aliphatic hydroxyl groups excluding tert-OH is 1. The average molecular weight is 1070 g/mol. The molecule has 0 radical (unpaired) electrons. The Hall–Kier alpha value is -6.35. The summed E-state index contributed by atoms with van der Waals surface area (Å²) in [6, 6.07) is 3.86. The number of hydrogen-bond donors (Lipinski definition) is 6. The van der Waals surface area contributed by atoms with E-state index in [2.05, 4.69) is 35.1 Å². The highest BCUT2D eigenvalue weighted by Crippen LogP contribution is 2.70. The van der Waals surface area contributed by atoms with Crippen LogP contribution >= 0.6 is 0 Å². The molecule has 7 N–H and O–H groups in total. The van der Waals surface area contributed by atoms with Gasteiger partial charge in [0, 0.05) is 54.1 Å². The third-order valence-corrected chi connectivity index (χ3v) is 17.3. The van der Waals surface area contributed by atoms with Crippen molar-refractivity contribution < 1.29 is 67.2 Å². The summed E-state index contributed by atoms with van der Waals surface area (Å²) in [7, 11) is 0. The van der Waals surface area contributed by atoms with Gasteiger partial charge in [-0.25, -0.2) is 4.79 Å². The van der Waals surface area contributed by atoms with Crippen molar-refractivity contribution in [3.63, 3.8) is 0 Å². The Bertz CT molecular complexity index is 2630. The lowest BCUT2D eigenvalue weighted by Crippen LogP contribution is -2.63. The first-order valence-corrected chi connectivity index (χ1v) is 27.1. The number of carbonyl (C=O) groups is 9. The Balaban J connectivity index is 0.847. The molecule has 77 heavy (non-hydrogen) atoms. The highest BCUT2D eigenvalue weighted by Gasteiger charge is 2.76. The van der Waals surface area contributed by atoms with Gasteiger partial charge in [-0.3, -0.25) is 43.3 Å². The number of carbonyl (C=O) groups excluding carboxylic acids is 9. The lowest BCUT2D eigenvalue weighted by atomic mass is 9.46. The number of ether oxygens (including phenoxy) is 4. The number of benzene rings is 1. The standard InChI is InChI=1S/C57H74N6O14/c1-32(2)50(62-45(67)11-7-6-8-24-63-46(68)18-19-47(63)69)52(72)61-41(10-9-23-59-54(58)73)51(71)60-36-15-12-34(13-16-36)30-75-48(70)26-33(3)38-21-25-74-31-43(66)57-44(76-53(38)77-57)28-40-39-17-14-35-27-37(64)20-22-55(35,4)49(39)42(65)29-56(40,57)5/h12-13,15-16,18-20,22,27,32,39-42,44,49-50,53,65H,6-11,14,17,21,23-26,28-31H2,1-5H3,(H,60,71)(H,61,72)(H,62,67)(H3,58,59,73)/b38-33-/t39-,40?,41-,42-,44+,49?,50?,53?,55-,56-,57+/m0/s1. The van der Waals surface area contributed by atoms with E-state index in [1.54, 1.807) is 50.3 Å². The number of anilines is 1. The summed E-state index contributed by atoms with van der Waals surface area (Å²) >= 11 is 0. The maximum absolute atomic E-state index is 14.4.